The van der Waals surface area contributed by atoms with E-state index in [1.807, 2.05) is 0 Å². The summed E-state index contributed by atoms with van der Waals surface area (Å²) in [6, 6.07) is 6.33. The van der Waals surface area contributed by atoms with Crippen molar-refractivity contribution in [3.8, 4) is 0 Å². The van der Waals surface area contributed by atoms with Crippen LogP contribution >= 0.6 is 15.9 Å². The van der Waals surface area contributed by atoms with Gasteiger partial charge < -0.3 is 10.1 Å². The molecule has 19 heavy (non-hydrogen) atoms. The lowest BCUT2D eigenvalue weighted by Gasteiger charge is -2.13. The normalized spacial score (nSPS) is 10.9. The largest absolute Gasteiger partial charge is 0.385 e. The molecule has 0 atom stereocenters. The number of aromatic nitrogens is 1. The van der Waals surface area contributed by atoms with Crippen LogP contribution in [0.3, 0.4) is 0 Å². The molecular formula is C15H19BrN2O. The summed E-state index contributed by atoms with van der Waals surface area (Å²) in [6.07, 6.45) is 0.963. The first kappa shape index (κ1) is 14.3. The van der Waals surface area contributed by atoms with Gasteiger partial charge in [-0.2, -0.15) is 0 Å². The highest BCUT2D eigenvalue weighted by Crippen LogP contribution is 2.30. The van der Waals surface area contributed by atoms with E-state index in [-0.39, 0.29) is 0 Å². The van der Waals surface area contributed by atoms with Gasteiger partial charge in [-0.3, -0.25) is 0 Å². The van der Waals surface area contributed by atoms with Crippen molar-refractivity contribution in [2.45, 2.75) is 26.9 Å². The Bertz CT molecular complexity index is 584. The number of pyridine rings is 1. The van der Waals surface area contributed by atoms with Crippen LogP contribution in [0.25, 0.3) is 10.9 Å². The number of benzene rings is 1. The van der Waals surface area contributed by atoms with Crippen molar-refractivity contribution in [2.75, 3.05) is 19.0 Å². The van der Waals surface area contributed by atoms with Crippen molar-refractivity contribution in [1.29, 1.82) is 0 Å². The number of hydrogen-bond donors (Lipinski definition) is 1. The molecule has 0 unspecified atom stereocenters. The Hall–Kier alpha value is -1.13. The van der Waals surface area contributed by atoms with Crippen LogP contribution in [0.5, 0.6) is 0 Å². The van der Waals surface area contributed by atoms with Gasteiger partial charge in [0.1, 0.15) is 0 Å². The van der Waals surface area contributed by atoms with Gasteiger partial charge in [0.2, 0.25) is 0 Å². The van der Waals surface area contributed by atoms with Gasteiger partial charge in [-0.15, -0.1) is 0 Å². The summed E-state index contributed by atoms with van der Waals surface area (Å²) < 4.78 is 6.30. The third-order valence-corrected chi connectivity index (χ3v) is 3.51. The number of ether oxygens (including phenoxy) is 1. The molecule has 0 amide bonds. The zero-order valence-corrected chi connectivity index (χ0v) is 13.2. The fourth-order valence-electron chi connectivity index (χ4n) is 2.24. The van der Waals surface area contributed by atoms with Crippen LogP contribution in [0.4, 0.5) is 5.69 Å². The maximum Gasteiger partial charge on any atom is 0.0885 e. The van der Waals surface area contributed by atoms with Gasteiger partial charge in [-0.1, -0.05) is 22.9 Å². The monoisotopic (exact) mass is 322 g/mol. The lowest BCUT2D eigenvalue weighted by atomic mass is 10.1. The summed E-state index contributed by atoms with van der Waals surface area (Å²) in [5.41, 5.74) is 4.40. The van der Waals surface area contributed by atoms with Crippen molar-refractivity contribution in [2.24, 2.45) is 0 Å². The van der Waals surface area contributed by atoms with Crippen molar-refractivity contribution in [1.82, 2.24) is 4.98 Å². The predicted octanol–water partition coefficient (Wildman–Crippen LogP) is 4.14. The lowest BCUT2D eigenvalue weighted by molar-refractivity contribution is 0.182. The number of rotatable bonds is 5. The van der Waals surface area contributed by atoms with E-state index < -0.39 is 0 Å². The van der Waals surface area contributed by atoms with Gasteiger partial charge in [-0.05, 0) is 37.1 Å². The Labute approximate surface area is 122 Å². The highest BCUT2D eigenvalue weighted by Gasteiger charge is 2.10. The molecule has 0 radical (unpaired) electrons. The second kappa shape index (κ2) is 6.35. The fraction of sp³-hybridized carbons (Fsp3) is 0.400. The van der Waals surface area contributed by atoms with Crippen molar-refractivity contribution in [3.63, 3.8) is 0 Å². The smallest absolute Gasteiger partial charge is 0.0885 e. The number of anilines is 1. The van der Waals surface area contributed by atoms with Crippen LogP contribution in [0.1, 0.15) is 25.1 Å². The van der Waals surface area contributed by atoms with Crippen LogP contribution in [0.2, 0.25) is 0 Å². The number of nitrogens with zero attached hydrogens (tertiary/aromatic N) is 1. The number of methoxy groups -OCH3 is 1. The molecule has 0 fully saturated rings. The van der Waals surface area contributed by atoms with Crippen molar-refractivity contribution < 1.29 is 4.74 Å². The maximum atomic E-state index is 5.21. The van der Waals surface area contributed by atoms with Crippen LogP contribution in [0, 0.1) is 0 Å². The molecule has 0 saturated heterocycles. The molecule has 0 aliphatic carbocycles. The molecule has 3 nitrogen and oxygen atoms in total. The molecule has 4 heteroatoms. The molecule has 1 N–H and O–H groups in total. The third kappa shape index (κ3) is 3.07. The summed E-state index contributed by atoms with van der Waals surface area (Å²) in [5, 5.41) is 4.57. The summed E-state index contributed by atoms with van der Waals surface area (Å²) in [4.78, 5) is 4.73. The minimum absolute atomic E-state index is 0.535. The minimum Gasteiger partial charge on any atom is -0.385 e. The summed E-state index contributed by atoms with van der Waals surface area (Å²) >= 11 is 3.58. The molecule has 1 heterocycles. The zero-order chi connectivity index (χ0) is 13.8. The molecule has 2 aromatic rings. The summed E-state index contributed by atoms with van der Waals surface area (Å²) in [6.45, 7) is 5.67. The number of aryl methyl sites for hydroxylation is 1. The first-order valence-corrected chi connectivity index (χ1v) is 7.33. The molecule has 0 spiro atoms. The van der Waals surface area contributed by atoms with Crippen LogP contribution in [-0.4, -0.2) is 18.6 Å². The highest BCUT2D eigenvalue weighted by molar-refractivity contribution is 9.10. The van der Waals surface area contributed by atoms with Crippen LogP contribution in [-0.2, 0) is 17.8 Å². The van der Waals surface area contributed by atoms with Gasteiger partial charge >= 0.3 is 0 Å². The molecule has 1 aromatic carbocycles. The van der Waals surface area contributed by atoms with E-state index in [9.17, 15) is 0 Å². The molecular weight excluding hydrogens is 304 g/mol. The van der Waals surface area contributed by atoms with E-state index in [1.54, 1.807) is 7.11 Å². The van der Waals surface area contributed by atoms with Gasteiger partial charge in [0.25, 0.3) is 0 Å². The van der Waals surface area contributed by atoms with Crippen molar-refractivity contribution in [3.05, 3.63) is 33.9 Å². The average molecular weight is 323 g/mol. The zero-order valence-electron chi connectivity index (χ0n) is 11.6. The second-order valence-electron chi connectivity index (χ2n) is 4.44. The molecule has 0 bridgehead atoms. The van der Waals surface area contributed by atoms with E-state index in [0.717, 1.165) is 39.7 Å². The van der Waals surface area contributed by atoms with Gasteiger partial charge in [-0.25, -0.2) is 4.98 Å². The van der Waals surface area contributed by atoms with E-state index in [1.165, 1.54) is 5.56 Å². The van der Waals surface area contributed by atoms with E-state index in [0.29, 0.717) is 6.61 Å². The fourth-order valence-corrected chi connectivity index (χ4v) is 2.75. The first-order valence-electron chi connectivity index (χ1n) is 6.54. The molecule has 0 aliphatic heterocycles. The minimum atomic E-state index is 0.535. The number of halogens is 1. The van der Waals surface area contributed by atoms with Gasteiger partial charge in [0.15, 0.2) is 0 Å². The first-order chi connectivity index (χ1) is 9.19. The number of hydrogen-bond acceptors (Lipinski definition) is 3. The number of nitrogens with one attached hydrogen (secondary N) is 1. The van der Waals surface area contributed by atoms with E-state index in [4.69, 9.17) is 9.72 Å². The highest BCUT2D eigenvalue weighted by atomic mass is 79.9. The molecule has 2 rings (SSSR count). The van der Waals surface area contributed by atoms with Gasteiger partial charge in [0.05, 0.1) is 17.8 Å². The SMILES string of the molecule is CCNc1cc(COC)nc2c(CC)cc(Br)cc12. The van der Waals surface area contributed by atoms with Crippen LogP contribution in [0.15, 0.2) is 22.7 Å². The predicted molar refractivity (Wildman–Crippen MR) is 83.7 cm³/mol. The van der Waals surface area contributed by atoms with Gasteiger partial charge in [0, 0.05) is 29.2 Å². The number of fused-ring (bicyclic) bond motifs is 1. The maximum absolute atomic E-state index is 5.21. The topological polar surface area (TPSA) is 34.1 Å². The Balaban J connectivity index is 2.70. The average Bonchev–Trinajstić information content (AvgIpc) is 2.39. The Morgan fingerprint density at radius 1 is 1.26 bits per heavy atom. The van der Waals surface area contributed by atoms with Crippen LogP contribution < -0.4 is 5.32 Å². The van der Waals surface area contributed by atoms with E-state index in [2.05, 4.69) is 53.3 Å². The Morgan fingerprint density at radius 3 is 2.68 bits per heavy atom. The quantitative estimate of drug-likeness (QED) is 0.898. The Kier molecular flexibility index (Phi) is 4.77. The lowest BCUT2D eigenvalue weighted by Crippen LogP contribution is -2.03. The summed E-state index contributed by atoms with van der Waals surface area (Å²) in [5.74, 6) is 0. The molecule has 0 aliphatic rings. The molecule has 1 aromatic heterocycles. The standard InChI is InChI=1S/C15H19BrN2O/c1-4-10-6-11(16)7-13-14(17-5-2)8-12(9-19-3)18-15(10)13/h6-8H,4-5,9H2,1-3H3,(H,17,18). The molecule has 102 valence electrons. The second-order valence-corrected chi connectivity index (χ2v) is 5.35. The third-order valence-electron chi connectivity index (χ3n) is 3.05. The Morgan fingerprint density at radius 2 is 2.05 bits per heavy atom. The summed E-state index contributed by atoms with van der Waals surface area (Å²) in [7, 11) is 1.70. The van der Waals surface area contributed by atoms with E-state index >= 15 is 0 Å². The van der Waals surface area contributed by atoms with Crippen molar-refractivity contribution >= 4 is 32.5 Å². The molecule has 0 saturated carbocycles.